The normalized spacial score (nSPS) is 11.7. The molecule has 1 aromatic heterocycles. The predicted molar refractivity (Wildman–Crippen MR) is 81.9 cm³/mol. The molecule has 1 N–H and O–H groups in total. The molecule has 3 aromatic rings. The first-order valence-corrected chi connectivity index (χ1v) is 7.21. The SMILES string of the molecule is OCc1ncn(Cc2ccc(-c3ccc(C(F)(F)F)cc3)cc2)n1. The average Bonchev–Trinajstić information content (AvgIpc) is 3.02. The van der Waals surface area contributed by atoms with Crippen molar-refractivity contribution in [2.24, 2.45) is 0 Å². The van der Waals surface area contributed by atoms with Gasteiger partial charge in [-0.3, -0.25) is 0 Å². The Balaban J connectivity index is 1.74. The molecule has 0 unspecified atom stereocenters. The van der Waals surface area contributed by atoms with Gasteiger partial charge in [0.25, 0.3) is 0 Å². The van der Waals surface area contributed by atoms with Crippen LogP contribution in [0.5, 0.6) is 0 Å². The summed E-state index contributed by atoms with van der Waals surface area (Å²) in [5.41, 5.74) is 1.87. The van der Waals surface area contributed by atoms with Gasteiger partial charge in [-0.25, -0.2) is 9.67 Å². The highest BCUT2D eigenvalue weighted by Gasteiger charge is 2.29. The van der Waals surface area contributed by atoms with Gasteiger partial charge in [0.1, 0.15) is 12.9 Å². The number of halogens is 3. The lowest BCUT2D eigenvalue weighted by atomic mass is 10.0. The number of aliphatic hydroxyl groups is 1. The highest BCUT2D eigenvalue weighted by molar-refractivity contribution is 5.64. The molecular weight excluding hydrogens is 319 g/mol. The standard InChI is InChI=1S/C17H14F3N3O/c18-17(19,20)15-7-5-14(6-8-15)13-3-1-12(2-4-13)9-23-11-21-16(10-24)22-23/h1-8,11,24H,9-10H2. The summed E-state index contributed by atoms with van der Waals surface area (Å²) in [5, 5.41) is 13.0. The minimum atomic E-state index is -4.33. The molecule has 0 bridgehead atoms. The van der Waals surface area contributed by atoms with Crippen molar-refractivity contribution in [2.75, 3.05) is 0 Å². The third-order valence-electron chi connectivity index (χ3n) is 3.57. The van der Waals surface area contributed by atoms with Gasteiger partial charge >= 0.3 is 6.18 Å². The van der Waals surface area contributed by atoms with Crippen LogP contribution in [0.3, 0.4) is 0 Å². The number of hydrogen-bond donors (Lipinski definition) is 1. The lowest BCUT2D eigenvalue weighted by Crippen LogP contribution is -2.04. The zero-order chi connectivity index (χ0) is 17.2. The molecule has 0 amide bonds. The summed E-state index contributed by atoms with van der Waals surface area (Å²) in [6.07, 6.45) is -2.79. The molecule has 4 nitrogen and oxygen atoms in total. The Morgan fingerprint density at radius 2 is 1.50 bits per heavy atom. The second-order valence-corrected chi connectivity index (χ2v) is 5.29. The van der Waals surface area contributed by atoms with Crippen LogP contribution in [0.4, 0.5) is 13.2 Å². The molecule has 0 atom stereocenters. The summed E-state index contributed by atoms with van der Waals surface area (Å²) < 4.78 is 39.4. The van der Waals surface area contributed by atoms with Crippen LogP contribution in [-0.2, 0) is 19.3 Å². The van der Waals surface area contributed by atoms with Gasteiger partial charge in [0.05, 0.1) is 12.1 Å². The van der Waals surface area contributed by atoms with E-state index in [4.69, 9.17) is 5.11 Å². The van der Waals surface area contributed by atoms with Crippen LogP contribution in [0.2, 0.25) is 0 Å². The Hall–Kier alpha value is -2.67. The molecule has 0 aliphatic heterocycles. The third kappa shape index (κ3) is 3.62. The van der Waals surface area contributed by atoms with Gasteiger partial charge in [0.2, 0.25) is 0 Å². The first-order chi connectivity index (χ1) is 11.5. The van der Waals surface area contributed by atoms with E-state index in [2.05, 4.69) is 10.1 Å². The van der Waals surface area contributed by atoms with Crippen LogP contribution in [0.15, 0.2) is 54.9 Å². The molecule has 2 aromatic carbocycles. The number of nitrogens with zero attached hydrogens (tertiary/aromatic N) is 3. The quantitative estimate of drug-likeness (QED) is 0.795. The Labute approximate surface area is 136 Å². The highest BCUT2D eigenvalue weighted by Crippen LogP contribution is 2.31. The van der Waals surface area contributed by atoms with Gasteiger partial charge in [0.15, 0.2) is 5.82 Å². The molecule has 1 heterocycles. The number of alkyl halides is 3. The predicted octanol–water partition coefficient (Wildman–Crippen LogP) is 3.50. The Morgan fingerprint density at radius 3 is 2.00 bits per heavy atom. The van der Waals surface area contributed by atoms with Crippen molar-refractivity contribution in [3.8, 4) is 11.1 Å². The zero-order valence-electron chi connectivity index (χ0n) is 12.5. The first kappa shape index (κ1) is 16.2. The van der Waals surface area contributed by atoms with Crippen molar-refractivity contribution in [2.45, 2.75) is 19.3 Å². The molecule has 0 radical (unpaired) electrons. The van der Waals surface area contributed by atoms with E-state index < -0.39 is 11.7 Å². The van der Waals surface area contributed by atoms with Crippen LogP contribution >= 0.6 is 0 Å². The van der Waals surface area contributed by atoms with Crippen LogP contribution in [0.1, 0.15) is 17.0 Å². The Bertz CT molecular complexity index is 808. The van der Waals surface area contributed by atoms with E-state index in [1.807, 2.05) is 24.3 Å². The van der Waals surface area contributed by atoms with E-state index in [-0.39, 0.29) is 6.61 Å². The fraction of sp³-hybridized carbons (Fsp3) is 0.176. The molecule has 24 heavy (non-hydrogen) atoms. The minimum Gasteiger partial charge on any atom is -0.388 e. The van der Waals surface area contributed by atoms with Crippen molar-refractivity contribution in [1.29, 1.82) is 0 Å². The van der Waals surface area contributed by atoms with E-state index >= 15 is 0 Å². The Kier molecular flexibility index (Phi) is 4.35. The van der Waals surface area contributed by atoms with Gasteiger partial charge in [-0.1, -0.05) is 36.4 Å². The van der Waals surface area contributed by atoms with Crippen LogP contribution < -0.4 is 0 Å². The molecule has 0 aliphatic carbocycles. The van der Waals surface area contributed by atoms with Crippen molar-refractivity contribution in [3.05, 3.63) is 71.8 Å². The molecule has 0 saturated carbocycles. The van der Waals surface area contributed by atoms with Crippen molar-refractivity contribution in [3.63, 3.8) is 0 Å². The number of rotatable bonds is 4. The highest BCUT2D eigenvalue weighted by atomic mass is 19.4. The molecule has 124 valence electrons. The lowest BCUT2D eigenvalue weighted by molar-refractivity contribution is -0.137. The van der Waals surface area contributed by atoms with Gasteiger partial charge in [0, 0.05) is 0 Å². The Morgan fingerprint density at radius 1 is 0.917 bits per heavy atom. The monoisotopic (exact) mass is 333 g/mol. The molecule has 0 aliphatic rings. The van der Waals surface area contributed by atoms with Crippen molar-refractivity contribution < 1.29 is 18.3 Å². The summed E-state index contributed by atoms with van der Waals surface area (Å²) >= 11 is 0. The lowest BCUT2D eigenvalue weighted by Gasteiger charge is -2.08. The van der Waals surface area contributed by atoms with E-state index in [1.54, 1.807) is 4.68 Å². The fourth-order valence-electron chi connectivity index (χ4n) is 2.32. The summed E-state index contributed by atoms with van der Waals surface area (Å²) in [4.78, 5) is 3.93. The fourth-order valence-corrected chi connectivity index (χ4v) is 2.32. The van der Waals surface area contributed by atoms with Crippen molar-refractivity contribution >= 4 is 0 Å². The topological polar surface area (TPSA) is 50.9 Å². The summed E-state index contributed by atoms with van der Waals surface area (Å²) in [5.74, 6) is 0.358. The summed E-state index contributed by atoms with van der Waals surface area (Å²) in [7, 11) is 0. The minimum absolute atomic E-state index is 0.208. The van der Waals surface area contributed by atoms with Gasteiger partial charge in [-0.15, -0.1) is 0 Å². The second-order valence-electron chi connectivity index (χ2n) is 5.29. The van der Waals surface area contributed by atoms with Gasteiger partial charge < -0.3 is 5.11 Å². The smallest absolute Gasteiger partial charge is 0.388 e. The van der Waals surface area contributed by atoms with E-state index in [0.29, 0.717) is 12.4 Å². The third-order valence-corrected chi connectivity index (χ3v) is 3.57. The molecule has 0 spiro atoms. The average molecular weight is 333 g/mol. The summed E-state index contributed by atoms with van der Waals surface area (Å²) in [6.45, 7) is 0.292. The molecule has 3 rings (SSSR count). The van der Waals surface area contributed by atoms with Gasteiger partial charge in [-0.05, 0) is 28.8 Å². The number of aliphatic hydroxyl groups excluding tert-OH is 1. The molecular formula is C17H14F3N3O. The maximum absolute atomic E-state index is 12.6. The van der Waals surface area contributed by atoms with Gasteiger partial charge in [-0.2, -0.15) is 18.3 Å². The molecule has 0 saturated heterocycles. The van der Waals surface area contributed by atoms with E-state index in [9.17, 15) is 13.2 Å². The number of benzene rings is 2. The molecule has 7 heteroatoms. The number of aromatic nitrogens is 3. The maximum atomic E-state index is 12.6. The molecule has 0 fully saturated rings. The van der Waals surface area contributed by atoms with E-state index in [0.717, 1.165) is 28.8 Å². The largest absolute Gasteiger partial charge is 0.416 e. The van der Waals surface area contributed by atoms with Crippen LogP contribution in [0.25, 0.3) is 11.1 Å². The van der Waals surface area contributed by atoms with Crippen molar-refractivity contribution in [1.82, 2.24) is 14.8 Å². The zero-order valence-corrected chi connectivity index (χ0v) is 12.5. The number of hydrogen-bond acceptors (Lipinski definition) is 3. The first-order valence-electron chi connectivity index (χ1n) is 7.21. The van der Waals surface area contributed by atoms with Crippen LogP contribution in [-0.4, -0.2) is 19.9 Å². The maximum Gasteiger partial charge on any atom is 0.416 e. The second kappa shape index (κ2) is 6.45. The van der Waals surface area contributed by atoms with E-state index in [1.165, 1.54) is 18.5 Å². The van der Waals surface area contributed by atoms with Crippen LogP contribution in [0, 0.1) is 0 Å². The summed E-state index contributed by atoms with van der Waals surface area (Å²) in [6, 6.07) is 12.5.